The number of alkyl halides is 3. The van der Waals surface area contributed by atoms with Gasteiger partial charge >= 0.3 is 6.18 Å². The van der Waals surface area contributed by atoms with E-state index < -0.39 is 11.7 Å². The number of carbonyl (C=O) groups is 1. The monoisotopic (exact) mass is 397 g/mol. The van der Waals surface area contributed by atoms with Crippen LogP contribution < -0.4 is 5.32 Å². The summed E-state index contributed by atoms with van der Waals surface area (Å²) in [5.74, 6) is -0.0468. The Morgan fingerprint density at radius 3 is 2.64 bits per heavy atom. The van der Waals surface area contributed by atoms with Gasteiger partial charge in [0, 0.05) is 25.8 Å². The first kappa shape index (κ1) is 20.3. The molecule has 1 fully saturated rings. The summed E-state index contributed by atoms with van der Waals surface area (Å²) in [6.07, 6.45) is -1.48. The maximum absolute atomic E-state index is 12.7. The van der Waals surface area contributed by atoms with Crippen molar-refractivity contribution in [2.75, 3.05) is 39.4 Å². The lowest BCUT2D eigenvalue weighted by atomic mass is 10.2. The van der Waals surface area contributed by atoms with E-state index in [0.717, 1.165) is 51.5 Å². The maximum Gasteiger partial charge on any atom is 0.417 e. The third-order valence-corrected chi connectivity index (χ3v) is 4.59. The molecule has 0 saturated carbocycles. The number of nitrogens with one attached hydrogen (secondary N) is 1. The lowest BCUT2D eigenvalue weighted by Gasteiger charge is -2.26. The fraction of sp³-hybridized carbons (Fsp3) is 0.500. The number of rotatable bonds is 6. The van der Waals surface area contributed by atoms with E-state index in [1.807, 2.05) is 0 Å². The molecule has 0 bridgehead atoms. The lowest BCUT2D eigenvalue weighted by molar-refractivity contribution is -0.137. The van der Waals surface area contributed by atoms with Crippen molar-refractivity contribution in [1.29, 1.82) is 0 Å². The van der Waals surface area contributed by atoms with Crippen molar-refractivity contribution in [2.45, 2.75) is 19.5 Å². The summed E-state index contributed by atoms with van der Waals surface area (Å²) in [5.41, 5.74) is 0.0466. The molecule has 3 rings (SSSR count). The first-order chi connectivity index (χ1) is 13.4. The summed E-state index contributed by atoms with van der Waals surface area (Å²) in [7, 11) is 0. The van der Waals surface area contributed by atoms with Crippen LogP contribution in [0.2, 0.25) is 0 Å². The second kappa shape index (κ2) is 8.70. The zero-order chi connectivity index (χ0) is 20.1. The highest BCUT2D eigenvalue weighted by atomic mass is 19.4. The standard InChI is InChI=1S/C18H22F3N5O2/c1-13-15(17(27)22-5-2-6-25-7-9-28-10-8-25)12-24-26(13)16-4-3-14(11-23-16)18(19,20)21/h3-4,11-12H,2,5-10H2,1H3,(H,22,27). The average molecular weight is 397 g/mol. The number of pyridine rings is 1. The van der Waals surface area contributed by atoms with Gasteiger partial charge < -0.3 is 10.1 Å². The molecular formula is C18H22F3N5O2. The van der Waals surface area contributed by atoms with E-state index in [9.17, 15) is 18.0 Å². The van der Waals surface area contributed by atoms with Crippen molar-refractivity contribution < 1.29 is 22.7 Å². The second-order valence-electron chi connectivity index (χ2n) is 6.52. The SMILES string of the molecule is Cc1c(C(=O)NCCCN2CCOCC2)cnn1-c1ccc(C(F)(F)F)cn1. The van der Waals surface area contributed by atoms with Gasteiger partial charge in [-0.25, -0.2) is 9.67 Å². The van der Waals surface area contributed by atoms with E-state index in [1.54, 1.807) is 6.92 Å². The van der Waals surface area contributed by atoms with E-state index in [0.29, 0.717) is 17.8 Å². The van der Waals surface area contributed by atoms with Crippen LogP contribution in [0.25, 0.3) is 5.82 Å². The molecule has 0 atom stereocenters. The predicted molar refractivity (Wildman–Crippen MR) is 95.3 cm³/mol. The normalized spacial score (nSPS) is 15.6. The Hall–Kier alpha value is -2.46. The molecule has 7 nitrogen and oxygen atoms in total. The summed E-state index contributed by atoms with van der Waals surface area (Å²) in [4.78, 5) is 18.5. The third kappa shape index (κ3) is 4.87. The van der Waals surface area contributed by atoms with Crippen molar-refractivity contribution in [1.82, 2.24) is 25.0 Å². The van der Waals surface area contributed by atoms with Crippen LogP contribution in [-0.2, 0) is 10.9 Å². The average Bonchev–Trinajstić information content (AvgIpc) is 3.07. The van der Waals surface area contributed by atoms with Crippen LogP contribution in [0.4, 0.5) is 13.2 Å². The first-order valence-corrected chi connectivity index (χ1v) is 9.03. The Morgan fingerprint density at radius 1 is 1.25 bits per heavy atom. The Balaban J connectivity index is 1.56. The Bertz CT molecular complexity index is 799. The molecule has 0 radical (unpaired) electrons. The molecule has 152 valence electrons. The molecular weight excluding hydrogens is 375 g/mol. The molecule has 3 heterocycles. The van der Waals surface area contributed by atoms with Gasteiger partial charge in [0.15, 0.2) is 5.82 Å². The smallest absolute Gasteiger partial charge is 0.379 e. The molecule has 0 unspecified atom stereocenters. The van der Waals surface area contributed by atoms with Crippen molar-refractivity contribution >= 4 is 5.91 Å². The second-order valence-corrected chi connectivity index (χ2v) is 6.52. The van der Waals surface area contributed by atoms with Crippen LogP contribution in [-0.4, -0.2) is 65.0 Å². The Kier molecular flexibility index (Phi) is 6.30. The molecule has 1 saturated heterocycles. The number of hydrogen-bond donors (Lipinski definition) is 1. The molecule has 28 heavy (non-hydrogen) atoms. The minimum Gasteiger partial charge on any atom is -0.379 e. The van der Waals surface area contributed by atoms with Gasteiger partial charge in [-0.05, 0) is 32.0 Å². The summed E-state index contributed by atoms with van der Waals surface area (Å²) in [6, 6.07) is 2.17. The van der Waals surface area contributed by atoms with E-state index in [-0.39, 0.29) is 11.7 Å². The molecule has 0 aliphatic carbocycles. The van der Waals surface area contributed by atoms with Crippen LogP contribution in [0.1, 0.15) is 28.0 Å². The van der Waals surface area contributed by atoms with Gasteiger partial charge in [0.1, 0.15) is 0 Å². The molecule has 2 aromatic heterocycles. The van der Waals surface area contributed by atoms with Crippen LogP contribution in [0.5, 0.6) is 0 Å². The molecule has 10 heteroatoms. The summed E-state index contributed by atoms with van der Waals surface area (Å²) >= 11 is 0. The van der Waals surface area contributed by atoms with Crippen LogP contribution >= 0.6 is 0 Å². The number of amides is 1. The minimum absolute atomic E-state index is 0.219. The summed E-state index contributed by atoms with van der Waals surface area (Å²) in [6.45, 7) is 6.37. The number of aromatic nitrogens is 3. The Labute approximate surface area is 160 Å². The van der Waals surface area contributed by atoms with Gasteiger partial charge in [0.25, 0.3) is 5.91 Å². The maximum atomic E-state index is 12.7. The van der Waals surface area contributed by atoms with Gasteiger partial charge in [-0.3, -0.25) is 9.69 Å². The minimum atomic E-state index is -4.45. The van der Waals surface area contributed by atoms with E-state index in [4.69, 9.17) is 4.74 Å². The van der Waals surface area contributed by atoms with Crippen LogP contribution in [0.3, 0.4) is 0 Å². The number of ether oxygens (including phenoxy) is 1. The summed E-state index contributed by atoms with van der Waals surface area (Å²) in [5, 5.41) is 6.94. The molecule has 1 aliphatic rings. The highest BCUT2D eigenvalue weighted by Crippen LogP contribution is 2.28. The zero-order valence-electron chi connectivity index (χ0n) is 15.5. The third-order valence-electron chi connectivity index (χ3n) is 4.59. The molecule has 2 aromatic rings. The number of halogens is 3. The quantitative estimate of drug-likeness (QED) is 0.756. The molecule has 1 N–H and O–H groups in total. The van der Waals surface area contributed by atoms with E-state index in [2.05, 4.69) is 20.3 Å². The molecule has 0 aromatic carbocycles. The number of hydrogen-bond acceptors (Lipinski definition) is 5. The van der Waals surface area contributed by atoms with Crippen LogP contribution in [0, 0.1) is 6.92 Å². The fourth-order valence-corrected chi connectivity index (χ4v) is 2.97. The van der Waals surface area contributed by atoms with E-state index >= 15 is 0 Å². The van der Waals surface area contributed by atoms with E-state index in [1.165, 1.54) is 16.9 Å². The van der Waals surface area contributed by atoms with Crippen molar-refractivity contribution in [3.63, 3.8) is 0 Å². The molecule has 0 spiro atoms. The fourth-order valence-electron chi connectivity index (χ4n) is 2.97. The van der Waals surface area contributed by atoms with Gasteiger partial charge in [-0.1, -0.05) is 0 Å². The topological polar surface area (TPSA) is 72.3 Å². The number of nitrogens with zero attached hydrogens (tertiary/aromatic N) is 4. The highest BCUT2D eigenvalue weighted by molar-refractivity contribution is 5.95. The number of carbonyl (C=O) groups excluding carboxylic acids is 1. The largest absolute Gasteiger partial charge is 0.417 e. The zero-order valence-corrected chi connectivity index (χ0v) is 15.5. The molecule has 1 aliphatic heterocycles. The van der Waals surface area contributed by atoms with Gasteiger partial charge in [-0.2, -0.15) is 18.3 Å². The van der Waals surface area contributed by atoms with Gasteiger partial charge in [0.2, 0.25) is 0 Å². The van der Waals surface area contributed by atoms with Crippen LogP contribution in [0.15, 0.2) is 24.5 Å². The summed E-state index contributed by atoms with van der Waals surface area (Å²) < 4.78 is 44.6. The molecule has 1 amide bonds. The Morgan fingerprint density at radius 2 is 2.00 bits per heavy atom. The van der Waals surface area contributed by atoms with Crippen molar-refractivity contribution in [3.8, 4) is 5.82 Å². The first-order valence-electron chi connectivity index (χ1n) is 9.03. The van der Waals surface area contributed by atoms with Gasteiger partial charge in [-0.15, -0.1) is 0 Å². The highest BCUT2D eigenvalue weighted by Gasteiger charge is 2.30. The number of morpholine rings is 1. The predicted octanol–water partition coefficient (Wildman–Crippen LogP) is 2.05. The van der Waals surface area contributed by atoms with Gasteiger partial charge in [0.05, 0.1) is 36.2 Å². The van der Waals surface area contributed by atoms with Crippen molar-refractivity contribution in [2.24, 2.45) is 0 Å². The van der Waals surface area contributed by atoms with Crippen molar-refractivity contribution in [3.05, 3.63) is 41.3 Å². The lowest BCUT2D eigenvalue weighted by Crippen LogP contribution is -2.38.